The molecule has 15 heteroatoms. The van der Waals surface area contributed by atoms with Crippen molar-refractivity contribution < 1.29 is 18.1 Å². The van der Waals surface area contributed by atoms with E-state index in [-0.39, 0.29) is 17.0 Å². The summed E-state index contributed by atoms with van der Waals surface area (Å²) in [6.45, 7) is 4.14. The van der Waals surface area contributed by atoms with Crippen molar-refractivity contribution >= 4 is 72.2 Å². The van der Waals surface area contributed by atoms with Crippen molar-refractivity contribution in [1.82, 2.24) is 19.7 Å². The Morgan fingerprint density at radius 3 is 2.37 bits per heavy atom. The van der Waals surface area contributed by atoms with Gasteiger partial charge in [-0.05, 0) is 71.3 Å². The molecule has 0 saturated carbocycles. The maximum absolute atomic E-state index is 13.9. The van der Waals surface area contributed by atoms with Crippen molar-refractivity contribution in [2.24, 2.45) is 0 Å². The lowest BCUT2D eigenvalue weighted by molar-refractivity contribution is -0.385. The van der Waals surface area contributed by atoms with E-state index in [1.165, 1.54) is 52.4 Å². The van der Waals surface area contributed by atoms with Gasteiger partial charge in [-0.25, -0.2) is 10.4 Å². The second-order valence-corrected chi connectivity index (χ2v) is 17.1. The molecule has 54 heavy (non-hydrogen) atoms. The number of nitro benzene ring substituents is 1. The standard InChI is InChI=1S/C39H35ClN6O5S3/c40-31-16-12-28(13-17-31)35-9-2-1-6-30(35)27-43-21-23-44(24-22-43)32-18-14-29(15-19-32)38(47)45(54(50,51)34-8-5-7-33(26-34)46(48)49)41-20-25-52-39-42-36-10-3-4-11-37(36)53-39/h1-19,26,41H,20-25,27H2. The third-order valence-corrected chi connectivity index (χ3v) is 13.1. The Labute approximate surface area is 326 Å². The Balaban J connectivity index is 1.02. The van der Waals surface area contributed by atoms with Gasteiger partial charge in [-0.2, -0.15) is 12.8 Å². The molecule has 11 nitrogen and oxygen atoms in total. The lowest BCUT2D eigenvalue weighted by Gasteiger charge is -2.36. The predicted octanol–water partition coefficient (Wildman–Crippen LogP) is 7.98. The molecule has 0 aliphatic carbocycles. The van der Waals surface area contributed by atoms with Crippen LogP contribution in [0.1, 0.15) is 15.9 Å². The zero-order chi connectivity index (χ0) is 37.7. The average molecular weight is 799 g/mol. The first-order valence-corrected chi connectivity index (χ1v) is 20.7. The number of thiazole rings is 1. The molecule has 0 radical (unpaired) electrons. The number of nitro groups is 1. The number of fused-ring (bicyclic) bond motifs is 1. The van der Waals surface area contributed by atoms with Crippen molar-refractivity contribution in [1.29, 1.82) is 0 Å². The molecular weight excluding hydrogens is 764 g/mol. The van der Waals surface area contributed by atoms with Crippen LogP contribution in [0.25, 0.3) is 21.3 Å². The van der Waals surface area contributed by atoms with Crippen molar-refractivity contribution in [3.8, 4) is 11.1 Å². The zero-order valence-corrected chi connectivity index (χ0v) is 32.1. The number of hydrazine groups is 1. The number of nitrogens with zero attached hydrogens (tertiary/aromatic N) is 5. The van der Waals surface area contributed by atoms with Crippen molar-refractivity contribution in [2.75, 3.05) is 43.4 Å². The van der Waals surface area contributed by atoms with Gasteiger partial charge in [0.05, 0.1) is 20.0 Å². The number of sulfonamides is 1. The molecule has 1 aromatic heterocycles. The van der Waals surface area contributed by atoms with Gasteiger partial charge in [0.1, 0.15) is 0 Å². The van der Waals surface area contributed by atoms with Crippen molar-refractivity contribution in [3.63, 3.8) is 0 Å². The minimum atomic E-state index is -4.53. The monoisotopic (exact) mass is 798 g/mol. The molecule has 1 amide bonds. The van der Waals surface area contributed by atoms with Crippen molar-refractivity contribution in [2.45, 2.75) is 15.8 Å². The maximum Gasteiger partial charge on any atom is 0.282 e. The number of aromatic nitrogens is 1. The van der Waals surface area contributed by atoms with E-state index in [0.29, 0.717) is 15.2 Å². The first-order chi connectivity index (χ1) is 26.2. The van der Waals surface area contributed by atoms with Crippen LogP contribution in [0.3, 0.4) is 0 Å². The van der Waals surface area contributed by atoms with Crippen molar-refractivity contribution in [3.05, 3.63) is 148 Å². The summed E-state index contributed by atoms with van der Waals surface area (Å²) >= 11 is 9.09. The quantitative estimate of drug-likeness (QED) is 0.0532. The molecule has 7 rings (SSSR count). The van der Waals surface area contributed by atoms with Gasteiger partial charge in [0.15, 0.2) is 4.34 Å². The highest BCUT2D eigenvalue weighted by Gasteiger charge is 2.32. The zero-order valence-electron chi connectivity index (χ0n) is 28.9. The Kier molecular flexibility index (Phi) is 11.6. The number of amides is 1. The van der Waals surface area contributed by atoms with Crippen LogP contribution in [0.5, 0.6) is 0 Å². The SMILES string of the molecule is O=C(c1ccc(N2CCN(Cc3ccccc3-c3ccc(Cl)cc3)CC2)cc1)N(NCCSc1nc2ccccc2s1)S(=O)(=O)c1cccc([N+](=O)[O-])c1. The van der Waals surface area contributed by atoms with Gasteiger partial charge >= 0.3 is 0 Å². The largest absolute Gasteiger partial charge is 0.369 e. The fourth-order valence-electron chi connectivity index (χ4n) is 6.23. The van der Waals surface area contributed by atoms with Gasteiger partial charge in [-0.15, -0.1) is 11.3 Å². The van der Waals surface area contributed by atoms with Gasteiger partial charge in [0.2, 0.25) is 0 Å². The summed E-state index contributed by atoms with van der Waals surface area (Å²) in [6, 6.07) is 35.6. The van der Waals surface area contributed by atoms with Crippen LogP contribution in [0, 0.1) is 10.1 Å². The van der Waals surface area contributed by atoms with Crippen LogP contribution in [0.15, 0.2) is 131 Å². The number of piperazine rings is 1. The number of hydrogen-bond donors (Lipinski definition) is 1. The molecule has 2 heterocycles. The van der Waals surface area contributed by atoms with E-state index in [9.17, 15) is 23.3 Å². The number of benzene rings is 5. The number of anilines is 1. The summed E-state index contributed by atoms with van der Waals surface area (Å²) in [7, 11) is -4.53. The minimum absolute atomic E-state index is 0.104. The fourth-order valence-corrected chi connectivity index (χ4v) is 9.66. The van der Waals surface area contributed by atoms with E-state index < -0.39 is 26.5 Å². The second kappa shape index (κ2) is 16.7. The van der Waals surface area contributed by atoms with E-state index in [1.54, 1.807) is 12.1 Å². The van der Waals surface area contributed by atoms with E-state index in [4.69, 9.17) is 11.6 Å². The highest BCUT2D eigenvalue weighted by atomic mass is 35.5. The molecule has 6 aromatic rings. The third-order valence-electron chi connectivity index (χ3n) is 9.03. The lowest BCUT2D eigenvalue weighted by atomic mass is 9.99. The average Bonchev–Trinajstić information content (AvgIpc) is 3.62. The lowest BCUT2D eigenvalue weighted by Crippen LogP contribution is -2.48. The third kappa shape index (κ3) is 8.59. The Bertz CT molecular complexity index is 2350. The van der Waals surface area contributed by atoms with Crippen LogP contribution < -0.4 is 10.3 Å². The molecule has 276 valence electrons. The molecule has 1 aliphatic rings. The number of carbonyl (C=O) groups is 1. The maximum atomic E-state index is 13.9. The minimum Gasteiger partial charge on any atom is -0.369 e. The molecular formula is C39H35ClN6O5S3. The van der Waals surface area contributed by atoms with E-state index in [2.05, 4.69) is 38.4 Å². The molecule has 0 atom stereocenters. The number of non-ortho nitro benzene ring substituents is 1. The summed E-state index contributed by atoms with van der Waals surface area (Å²) in [6.07, 6.45) is 0. The first-order valence-electron chi connectivity index (χ1n) is 17.1. The van der Waals surface area contributed by atoms with Crippen LogP contribution in [0.4, 0.5) is 11.4 Å². The fraction of sp³-hybridized carbons (Fsp3) is 0.179. The van der Waals surface area contributed by atoms with Crippen LogP contribution in [0.2, 0.25) is 5.02 Å². The molecule has 0 bridgehead atoms. The summed E-state index contributed by atoms with van der Waals surface area (Å²) in [5.41, 5.74) is 7.88. The van der Waals surface area contributed by atoms with E-state index >= 15 is 0 Å². The number of hydrogen-bond acceptors (Lipinski definition) is 11. The normalized spacial score (nSPS) is 13.6. The highest BCUT2D eigenvalue weighted by Crippen LogP contribution is 2.30. The van der Waals surface area contributed by atoms with Crippen LogP contribution >= 0.6 is 34.7 Å². The highest BCUT2D eigenvalue weighted by molar-refractivity contribution is 8.01. The Morgan fingerprint density at radius 1 is 0.907 bits per heavy atom. The van der Waals surface area contributed by atoms with E-state index in [0.717, 1.165) is 64.6 Å². The summed E-state index contributed by atoms with van der Waals surface area (Å²) in [5.74, 6) is -0.395. The number of carbonyl (C=O) groups excluding carboxylic acids is 1. The van der Waals surface area contributed by atoms with Crippen LogP contribution in [-0.2, 0) is 16.6 Å². The molecule has 1 saturated heterocycles. The molecule has 0 spiro atoms. The van der Waals surface area contributed by atoms with Gasteiger partial charge in [-0.3, -0.25) is 19.8 Å². The molecule has 0 unspecified atom stereocenters. The van der Waals surface area contributed by atoms with Gasteiger partial charge in [-0.1, -0.05) is 78.0 Å². The topological polar surface area (TPSA) is 129 Å². The number of rotatable bonds is 13. The van der Waals surface area contributed by atoms with E-state index in [1.807, 2.05) is 66.7 Å². The number of halogens is 1. The number of para-hydroxylation sites is 1. The smallest absolute Gasteiger partial charge is 0.282 e. The molecule has 1 aliphatic heterocycles. The van der Waals surface area contributed by atoms with Gasteiger partial charge in [0.25, 0.3) is 21.6 Å². The molecule has 5 aromatic carbocycles. The Hall–Kier alpha value is -4.83. The summed E-state index contributed by atoms with van der Waals surface area (Å²) < 4.78 is 30.2. The van der Waals surface area contributed by atoms with Gasteiger partial charge in [0, 0.05) is 73.4 Å². The predicted molar refractivity (Wildman–Crippen MR) is 216 cm³/mol. The summed E-state index contributed by atoms with van der Waals surface area (Å²) in [5, 5.41) is 12.2. The summed E-state index contributed by atoms with van der Waals surface area (Å²) in [4.78, 5) is 33.6. The molecule has 1 fully saturated rings. The Morgan fingerprint density at radius 2 is 1.63 bits per heavy atom. The van der Waals surface area contributed by atoms with Crippen LogP contribution in [-0.4, -0.2) is 72.0 Å². The van der Waals surface area contributed by atoms with Gasteiger partial charge < -0.3 is 4.90 Å². The number of thioether (sulfide) groups is 1. The number of nitrogens with one attached hydrogen (secondary N) is 1. The first kappa shape index (κ1) is 37.5. The molecule has 1 N–H and O–H groups in total. The second-order valence-electron chi connectivity index (χ2n) is 12.5.